The van der Waals surface area contributed by atoms with Crippen LogP contribution in [-0.2, 0) is 4.79 Å². The standard InChI is InChI=1S/C14H24N2O3S/c17-13(18)12-6-2-1-4-10(12)8-15-14(19)16-11-5-3-7-20-9-11/h10-12H,1-9H2,(H,17,18)(H2,15,16,19). The van der Waals surface area contributed by atoms with Gasteiger partial charge in [-0.25, -0.2) is 4.79 Å². The summed E-state index contributed by atoms with van der Waals surface area (Å²) in [5.74, 6) is 1.22. The summed E-state index contributed by atoms with van der Waals surface area (Å²) < 4.78 is 0. The monoisotopic (exact) mass is 300 g/mol. The molecule has 1 saturated carbocycles. The fraction of sp³-hybridized carbons (Fsp3) is 0.857. The highest BCUT2D eigenvalue weighted by molar-refractivity contribution is 7.99. The maximum absolute atomic E-state index is 11.9. The molecule has 1 heterocycles. The van der Waals surface area contributed by atoms with Crippen LogP contribution in [0.4, 0.5) is 4.79 Å². The Bertz CT molecular complexity index is 345. The summed E-state index contributed by atoms with van der Waals surface area (Å²) in [4.78, 5) is 23.0. The van der Waals surface area contributed by atoms with Crippen molar-refractivity contribution in [3.63, 3.8) is 0 Å². The van der Waals surface area contributed by atoms with E-state index in [9.17, 15) is 14.7 Å². The van der Waals surface area contributed by atoms with Crippen molar-refractivity contribution in [3.8, 4) is 0 Å². The van der Waals surface area contributed by atoms with E-state index in [0.717, 1.165) is 44.3 Å². The summed E-state index contributed by atoms with van der Waals surface area (Å²) >= 11 is 1.88. The van der Waals surface area contributed by atoms with Gasteiger partial charge >= 0.3 is 12.0 Å². The van der Waals surface area contributed by atoms with Crippen molar-refractivity contribution in [1.82, 2.24) is 10.6 Å². The molecule has 2 aliphatic rings. The molecule has 0 aromatic carbocycles. The fourth-order valence-electron chi connectivity index (χ4n) is 3.09. The molecule has 0 aromatic rings. The molecule has 2 amide bonds. The summed E-state index contributed by atoms with van der Waals surface area (Å²) in [6, 6.07) is 0.114. The van der Waals surface area contributed by atoms with Crippen LogP contribution >= 0.6 is 11.8 Å². The Kier molecular flexibility index (Phi) is 6.01. The molecule has 1 aliphatic carbocycles. The molecule has 1 aliphatic heterocycles. The van der Waals surface area contributed by atoms with Gasteiger partial charge in [0.2, 0.25) is 0 Å². The van der Waals surface area contributed by atoms with Crippen LogP contribution in [0.25, 0.3) is 0 Å². The number of urea groups is 1. The molecular formula is C14H24N2O3S. The van der Waals surface area contributed by atoms with Gasteiger partial charge in [-0.2, -0.15) is 11.8 Å². The minimum atomic E-state index is -0.722. The molecule has 3 N–H and O–H groups in total. The molecule has 2 rings (SSSR count). The van der Waals surface area contributed by atoms with E-state index in [4.69, 9.17) is 0 Å². The number of hydrogen-bond acceptors (Lipinski definition) is 3. The topological polar surface area (TPSA) is 78.4 Å². The van der Waals surface area contributed by atoms with Crippen molar-refractivity contribution in [2.45, 2.75) is 44.6 Å². The van der Waals surface area contributed by atoms with Crippen LogP contribution in [0.5, 0.6) is 0 Å². The van der Waals surface area contributed by atoms with Crippen LogP contribution in [-0.4, -0.2) is 41.2 Å². The van der Waals surface area contributed by atoms with Crippen molar-refractivity contribution < 1.29 is 14.7 Å². The number of carboxylic acid groups (broad SMARTS) is 1. The van der Waals surface area contributed by atoms with Crippen LogP contribution in [0.3, 0.4) is 0 Å². The molecule has 5 nitrogen and oxygen atoms in total. The second-order valence-electron chi connectivity index (χ2n) is 5.76. The molecular weight excluding hydrogens is 276 g/mol. The zero-order chi connectivity index (χ0) is 14.4. The maximum atomic E-state index is 11.9. The average Bonchev–Trinajstić information content (AvgIpc) is 2.46. The lowest BCUT2D eigenvalue weighted by atomic mass is 9.79. The van der Waals surface area contributed by atoms with E-state index in [1.54, 1.807) is 0 Å². The highest BCUT2D eigenvalue weighted by Crippen LogP contribution is 2.29. The predicted octanol–water partition coefficient (Wildman–Crippen LogP) is 2.07. The van der Waals surface area contributed by atoms with Gasteiger partial charge in [-0.3, -0.25) is 4.79 Å². The number of carboxylic acids is 1. The van der Waals surface area contributed by atoms with E-state index >= 15 is 0 Å². The van der Waals surface area contributed by atoms with Crippen molar-refractivity contribution in [2.75, 3.05) is 18.1 Å². The second kappa shape index (κ2) is 7.76. The van der Waals surface area contributed by atoms with E-state index < -0.39 is 5.97 Å². The maximum Gasteiger partial charge on any atom is 0.315 e. The Morgan fingerprint density at radius 3 is 2.65 bits per heavy atom. The molecule has 0 spiro atoms. The number of nitrogens with one attached hydrogen (secondary N) is 2. The molecule has 3 unspecified atom stereocenters. The number of amides is 2. The summed E-state index contributed by atoms with van der Waals surface area (Å²) in [5, 5.41) is 15.0. The quantitative estimate of drug-likeness (QED) is 0.742. The number of thioether (sulfide) groups is 1. The lowest BCUT2D eigenvalue weighted by Crippen LogP contribution is -2.46. The van der Waals surface area contributed by atoms with Gasteiger partial charge in [-0.15, -0.1) is 0 Å². The van der Waals surface area contributed by atoms with Gasteiger partial charge in [-0.05, 0) is 37.4 Å². The van der Waals surface area contributed by atoms with Crippen LogP contribution in [0.1, 0.15) is 38.5 Å². The number of carbonyl (C=O) groups excluding carboxylic acids is 1. The van der Waals surface area contributed by atoms with Gasteiger partial charge in [0.1, 0.15) is 0 Å². The van der Waals surface area contributed by atoms with Crippen molar-refractivity contribution >= 4 is 23.8 Å². The highest BCUT2D eigenvalue weighted by Gasteiger charge is 2.30. The third-order valence-corrected chi connectivity index (χ3v) is 5.46. The molecule has 0 aromatic heterocycles. The summed E-state index contributed by atoms with van der Waals surface area (Å²) in [6.07, 6.45) is 5.88. The average molecular weight is 300 g/mol. The predicted molar refractivity (Wildman–Crippen MR) is 80.0 cm³/mol. The van der Waals surface area contributed by atoms with Gasteiger partial charge in [0.15, 0.2) is 0 Å². The SMILES string of the molecule is O=C(NCC1CCCCC1C(=O)O)NC1CCCSC1. The summed E-state index contributed by atoms with van der Waals surface area (Å²) in [7, 11) is 0. The summed E-state index contributed by atoms with van der Waals surface area (Å²) in [6.45, 7) is 0.475. The Morgan fingerprint density at radius 2 is 1.95 bits per heavy atom. The number of aliphatic carboxylic acids is 1. The molecule has 1 saturated heterocycles. The van der Waals surface area contributed by atoms with E-state index in [0.29, 0.717) is 6.54 Å². The lowest BCUT2D eigenvalue weighted by molar-refractivity contribution is -0.144. The van der Waals surface area contributed by atoms with E-state index in [2.05, 4.69) is 10.6 Å². The first-order chi connectivity index (χ1) is 9.66. The zero-order valence-corrected chi connectivity index (χ0v) is 12.6. The zero-order valence-electron chi connectivity index (χ0n) is 11.8. The third kappa shape index (κ3) is 4.58. The fourth-order valence-corrected chi connectivity index (χ4v) is 4.16. The Hall–Kier alpha value is -0.910. The van der Waals surface area contributed by atoms with Crippen LogP contribution in [0, 0.1) is 11.8 Å². The van der Waals surface area contributed by atoms with Gasteiger partial charge in [0, 0.05) is 18.3 Å². The molecule has 6 heteroatoms. The second-order valence-corrected chi connectivity index (χ2v) is 6.91. The van der Waals surface area contributed by atoms with Crippen molar-refractivity contribution in [2.24, 2.45) is 11.8 Å². The van der Waals surface area contributed by atoms with Gasteiger partial charge in [-0.1, -0.05) is 12.8 Å². The van der Waals surface area contributed by atoms with Gasteiger partial charge in [0.05, 0.1) is 5.92 Å². The first-order valence-corrected chi connectivity index (χ1v) is 8.67. The Balaban J connectivity index is 1.72. The smallest absolute Gasteiger partial charge is 0.315 e. The normalized spacial score (nSPS) is 30.5. The van der Waals surface area contributed by atoms with Crippen molar-refractivity contribution in [3.05, 3.63) is 0 Å². The Labute approximate surface area is 124 Å². The lowest BCUT2D eigenvalue weighted by Gasteiger charge is -2.29. The van der Waals surface area contributed by atoms with Gasteiger partial charge < -0.3 is 15.7 Å². The third-order valence-electron chi connectivity index (χ3n) is 4.25. The minimum Gasteiger partial charge on any atom is -0.481 e. The molecule has 114 valence electrons. The van der Waals surface area contributed by atoms with E-state index in [1.807, 2.05) is 11.8 Å². The molecule has 0 bridgehead atoms. The number of hydrogen-bond donors (Lipinski definition) is 3. The van der Waals surface area contributed by atoms with Gasteiger partial charge in [0.25, 0.3) is 0 Å². The highest BCUT2D eigenvalue weighted by atomic mass is 32.2. The minimum absolute atomic E-state index is 0.0766. The first kappa shape index (κ1) is 15.5. The van der Waals surface area contributed by atoms with E-state index in [1.165, 1.54) is 5.75 Å². The van der Waals surface area contributed by atoms with E-state index in [-0.39, 0.29) is 23.9 Å². The van der Waals surface area contributed by atoms with Crippen LogP contribution in [0.2, 0.25) is 0 Å². The van der Waals surface area contributed by atoms with Crippen molar-refractivity contribution in [1.29, 1.82) is 0 Å². The first-order valence-electron chi connectivity index (χ1n) is 7.51. The molecule has 3 atom stereocenters. The van der Waals surface area contributed by atoms with Crippen LogP contribution < -0.4 is 10.6 Å². The molecule has 0 radical (unpaired) electrons. The molecule has 20 heavy (non-hydrogen) atoms. The summed E-state index contributed by atoms with van der Waals surface area (Å²) in [5.41, 5.74) is 0. The Morgan fingerprint density at radius 1 is 1.15 bits per heavy atom. The number of rotatable bonds is 4. The number of carbonyl (C=O) groups is 2. The molecule has 2 fully saturated rings. The van der Waals surface area contributed by atoms with Crippen LogP contribution in [0.15, 0.2) is 0 Å². The largest absolute Gasteiger partial charge is 0.481 e.